The van der Waals surface area contributed by atoms with Crippen LogP contribution in [0.1, 0.15) is 22.5 Å². The summed E-state index contributed by atoms with van der Waals surface area (Å²) in [5.74, 6) is -0.283. The third-order valence-electron chi connectivity index (χ3n) is 5.18. The van der Waals surface area contributed by atoms with Crippen LogP contribution < -0.4 is 5.32 Å². The minimum atomic E-state index is -3.28. The quantitative estimate of drug-likeness (QED) is 0.725. The molecule has 28 heavy (non-hydrogen) atoms. The zero-order valence-corrected chi connectivity index (χ0v) is 16.5. The number of sulfone groups is 1. The summed E-state index contributed by atoms with van der Waals surface area (Å²) in [6, 6.07) is 14.2. The molecule has 1 saturated heterocycles. The topological polar surface area (TPSA) is 90.3 Å². The average Bonchev–Trinajstić information content (AvgIpc) is 3.27. The molecule has 146 valence electrons. The SMILES string of the molecule is Cn1nc(C(=O)NC2(c3ccc(S(C)(=O)=O)cc3)CCOC2)c2ccccc21. The van der Waals surface area contributed by atoms with Crippen molar-refractivity contribution in [2.75, 3.05) is 19.5 Å². The molecule has 1 aliphatic rings. The van der Waals surface area contributed by atoms with Crippen LogP contribution in [0.15, 0.2) is 53.4 Å². The second-order valence-electron chi connectivity index (χ2n) is 7.12. The molecule has 2 heterocycles. The van der Waals surface area contributed by atoms with Gasteiger partial charge in [0.1, 0.15) is 0 Å². The van der Waals surface area contributed by atoms with Gasteiger partial charge >= 0.3 is 0 Å². The summed E-state index contributed by atoms with van der Waals surface area (Å²) in [5.41, 5.74) is 1.33. The summed E-state index contributed by atoms with van der Waals surface area (Å²) in [4.78, 5) is 13.3. The lowest BCUT2D eigenvalue weighted by Gasteiger charge is -2.29. The van der Waals surface area contributed by atoms with Crippen LogP contribution in [-0.4, -0.2) is 43.6 Å². The summed E-state index contributed by atoms with van der Waals surface area (Å²) in [7, 11) is -1.48. The monoisotopic (exact) mass is 399 g/mol. The predicted octanol–water partition coefficient (Wildman–Crippen LogP) is 2.02. The standard InChI is InChI=1S/C20H21N3O4S/c1-23-17-6-4-3-5-16(17)18(22-23)19(24)21-20(11-12-27-13-20)14-7-9-15(10-8-14)28(2,25)26/h3-10H,11-13H2,1-2H3,(H,21,24). The fourth-order valence-corrected chi connectivity index (χ4v) is 4.27. The first-order chi connectivity index (χ1) is 13.3. The highest BCUT2D eigenvalue weighted by Gasteiger charge is 2.39. The van der Waals surface area contributed by atoms with E-state index in [9.17, 15) is 13.2 Å². The van der Waals surface area contributed by atoms with E-state index in [2.05, 4.69) is 10.4 Å². The lowest BCUT2D eigenvalue weighted by Crippen LogP contribution is -2.46. The number of aryl methyl sites for hydroxylation is 1. The number of hydrogen-bond donors (Lipinski definition) is 1. The van der Waals surface area contributed by atoms with Gasteiger partial charge in [-0.1, -0.05) is 30.3 Å². The normalized spacial score (nSPS) is 19.8. The maximum absolute atomic E-state index is 13.1. The molecule has 4 rings (SSSR count). The highest BCUT2D eigenvalue weighted by Crippen LogP contribution is 2.32. The van der Waals surface area contributed by atoms with E-state index in [1.807, 2.05) is 24.3 Å². The number of fused-ring (bicyclic) bond motifs is 1. The van der Waals surface area contributed by atoms with E-state index in [0.29, 0.717) is 25.3 Å². The number of aromatic nitrogens is 2. The van der Waals surface area contributed by atoms with E-state index in [1.165, 1.54) is 6.26 Å². The van der Waals surface area contributed by atoms with Gasteiger partial charge in [0.2, 0.25) is 0 Å². The van der Waals surface area contributed by atoms with Crippen molar-refractivity contribution in [1.29, 1.82) is 0 Å². The summed E-state index contributed by atoms with van der Waals surface area (Å²) in [6.45, 7) is 0.832. The zero-order chi connectivity index (χ0) is 19.9. The Hall–Kier alpha value is -2.71. The van der Waals surface area contributed by atoms with Crippen LogP contribution in [0.25, 0.3) is 10.9 Å². The Morgan fingerprint density at radius 3 is 2.54 bits per heavy atom. The first kappa shape index (κ1) is 18.6. The number of carbonyl (C=O) groups excluding carboxylic acids is 1. The van der Waals surface area contributed by atoms with Crippen LogP contribution in [-0.2, 0) is 27.2 Å². The fourth-order valence-electron chi connectivity index (χ4n) is 3.64. The van der Waals surface area contributed by atoms with Gasteiger partial charge < -0.3 is 10.1 Å². The van der Waals surface area contributed by atoms with Crippen molar-refractivity contribution in [1.82, 2.24) is 15.1 Å². The molecule has 1 fully saturated rings. The molecular weight excluding hydrogens is 378 g/mol. The third kappa shape index (κ3) is 3.18. The summed E-state index contributed by atoms with van der Waals surface area (Å²) in [6.07, 6.45) is 1.77. The van der Waals surface area contributed by atoms with Crippen LogP contribution in [0.3, 0.4) is 0 Å². The molecule has 1 atom stereocenters. The van der Waals surface area contributed by atoms with E-state index in [-0.39, 0.29) is 10.8 Å². The molecule has 0 radical (unpaired) electrons. The number of hydrogen-bond acceptors (Lipinski definition) is 5. The van der Waals surface area contributed by atoms with E-state index >= 15 is 0 Å². The van der Waals surface area contributed by atoms with E-state index < -0.39 is 15.4 Å². The van der Waals surface area contributed by atoms with Crippen LogP contribution in [0.2, 0.25) is 0 Å². The Morgan fingerprint density at radius 1 is 1.18 bits per heavy atom. The van der Waals surface area contributed by atoms with E-state index in [4.69, 9.17) is 4.74 Å². The molecule has 1 N–H and O–H groups in total. The van der Waals surface area contributed by atoms with Crippen molar-refractivity contribution in [2.45, 2.75) is 16.9 Å². The van der Waals surface area contributed by atoms with Crippen molar-refractivity contribution >= 4 is 26.6 Å². The Kier molecular flexibility index (Phi) is 4.47. The summed E-state index contributed by atoms with van der Waals surface area (Å²) in [5, 5.41) is 8.27. The zero-order valence-electron chi connectivity index (χ0n) is 15.7. The fraction of sp³-hybridized carbons (Fsp3) is 0.300. The van der Waals surface area contributed by atoms with Crippen LogP contribution in [0, 0.1) is 0 Å². The Labute approximate surface area is 163 Å². The Morgan fingerprint density at radius 2 is 1.89 bits per heavy atom. The molecule has 1 aromatic heterocycles. The molecule has 0 bridgehead atoms. The Balaban J connectivity index is 1.69. The highest BCUT2D eigenvalue weighted by atomic mass is 32.2. The average molecular weight is 399 g/mol. The second-order valence-corrected chi connectivity index (χ2v) is 9.14. The maximum atomic E-state index is 13.1. The van der Waals surface area contributed by atoms with Gasteiger partial charge in [-0.05, 0) is 23.8 Å². The number of rotatable bonds is 4. The molecule has 0 aliphatic carbocycles. The van der Waals surface area contributed by atoms with Gasteiger partial charge in [0.15, 0.2) is 15.5 Å². The highest BCUT2D eigenvalue weighted by molar-refractivity contribution is 7.90. The van der Waals surface area contributed by atoms with Crippen LogP contribution in [0.5, 0.6) is 0 Å². The van der Waals surface area contributed by atoms with Gasteiger partial charge in [0.25, 0.3) is 5.91 Å². The number of carbonyl (C=O) groups is 1. The molecule has 8 heteroatoms. The lowest BCUT2D eigenvalue weighted by atomic mass is 9.89. The molecule has 0 saturated carbocycles. The number of nitrogens with one attached hydrogen (secondary N) is 1. The Bertz CT molecular complexity index is 1140. The second kappa shape index (κ2) is 6.72. The number of nitrogens with zero attached hydrogens (tertiary/aromatic N) is 2. The molecule has 0 spiro atoms. The first-order valence-electron chi connectivity index (χ1n) is 8.93. The van der Waals surface area contributed by atoms with E-state index in [0.717, 1.165) is 16.5 Å². The molecule has 3 aromatic rings. The van der Waals surface area contributed by atoms with Crippen molar-refractivity contribution in [3.8, 4) is 0 Å². The van der Waals surface area contributed by atoms with E-state index in [1.54, 1.807) is 36.0 Å². The van der Waals surface area contributed by atoms with Gasteiger partial charge in [0, 0.05) is 31.7 Å². The number of para-hydroxylation sites is 1. The largest absolute Gasteiger partial charge is 0.379 e. The van der Waals surface area contributed by atoms with Gasteiger partial charge in [-0.2, -0.15) is 5.10 Å². The number of amides is 1. The van der Waals surface area contributed by atoms with Crippen LogP contribution in [0.4, 0.5) is 0 Å². The molecule has 1 unspecified atom stereocenters. The van der Waals surface area contributed by atoms with Crippen molar-refractivity contribution in [3.05, 3.63) is 59.8 Å². The van der Waals surface area contributed by atoms with Crippen molar-refractivity contribution in [2.24, 2.45) is 7.05 Å². The minimum Gasteiger partial charge on any atom is -0.379 e. The van der Waals surface area contributed by atoms with Gasteiger partial charge in [-0.3, -0.25) is 9.48 Å². The molecule has 2 aromatic carbocycles. The predicted molar refractivity (Wildman–Crippen MR) is 105 cm³/mol. The van der Waals surface area contributed by atoms with Gasteiger partial charge in [-0.25, -0.2) is 8.42 Å². The molecule has 1 aliphatic heterocycles. The van der Waals surface area contributed by atoms with Gasteiger partial charge in [0.05, 0.1) is 22.6 Å². The van der Waals surface area contributed by atoms with Crippen molar-refractivity contribution < 1.29 is 17.9 Å². The van der Waals surface area contributed by atoms with Crippen molar-refractivity contribution in [3.63, 3.8) is 0 Å². The van der Waals surface area contributed by atoms with Gasteiger partial charge in [-0.15, -0.1) is 0 Å². The first-order valence-corrected chi connectivity index (χ1v) is 10.8. The summed E-state index contributed by atoms with van der Waals surface area (Å²) >= 11 is 0. The van der Waals surface area contributed by atoms with Crippen LogP contribution >= 0.6 is 0 Å². The minimum absolute atomic E-state index is 0.243. The number of ether oxygens (including phenoxy) is 1. The smallest absolute Gasteiger partial charge is 0.273 e. The lowest BCUT2D eigenvalue weighted by molar-refractivity contribution is 0.0871. The molecular formula is C20H21N3O4S. The molecule has 7 nitrogen and oxygen atoms in total. The maximum Gasteiger partial charge on any atom is 0.273 e. The number of benzene rings is 2. The molecule has 1 amide bonds. The third-order valence-corrected chi connectivity index (χ3v) is 6.31. The summed E-state index contributed by atoms with van der Waals surface area (Å²) < 4.78 is 30.7.